The van der Waals surface area contributed by atoms with Gasteiger partial charge in [0.1, 0.15) is 13.2 Å². The second kappa shape index (κ2) is 18.1. The van der Waals surface area contributed by atoms with E-state index in [1.807, 2.05) is 21.1 Å². The Labute approximate surface area is 210 Å². The number of ether oxygens (including phenoxy) is 1. The first kappa shape index (κ1) is 31.8. The lowest BCUT2D eigenvalue weighted by atomic mass is 9.91. The molecule has 34 heavy (non-hydrogen) atoms. The van der Waals surface area contributed by atoms with Gasteiger partial charge in [-0.2, -0.15) is 0 Å². The van der Waals surface area contributed by atoms with Gasteiger partial charge in [-0.25, -0.2) is 4.57 Å². The standard InChI is InChI=1S/C27H54NO5P/c1-6-7-8-9-10-11-12-13-14-15-16-17-18-26-19-21-27(22-20-26)32-25(2)33-34(29,30)31-24-23-28(3,4)5/h18,25,27H,6-17,19-24H2,1-5H3/p+1. The molecule has 0 aromatic heterocycles. The van der Waals surface area contributed by atoms with Gasteiger partial charge >= 0.3 is 7.82 Å². The predicted molar refractivity (Wildman–Crippen MR) is 142 cm³/mol. The van der Waals surface area contributed by atoms with E-state index in [0.717, 1.165) is 25.7 Å². The van der Waals surface area contributed by atoms with Crippen molar-refractivity contribution in [2.45, 2.75) is 129 Å². The van der Waals surface area contributed by atoms with Gasteiger partial charge in [-0.15, -0.1) is 0 Å². The second-order valence-corrected chi connectivity index (χ2v) is 12.4. The van der Waals surface area contributed by atoms with Crippen molar-refractivity contribution in [2.75, 3.05) is 34.3 Å². The molecule has 0 aliphatic heterocycles. The highest BCUT2D eigenvalue weighted by Crippen LogP contribution is 2.45. The number of likely N-dealkylation sites (N-methyl/N-ethyl adjacent to an activating group) is 1. The molecule has 0 saturated heterocycles. The Kier molecular flexibility index (Phi) is 16.9. The molecule has 0 amide bonds. The van der Waals surface area contributed by atoms with Crippen LogP contribution in [0.1, 0.15) is 117 Å². The predicted octanol–water partition coefficient (Wildman–Crippen LogP) is 7.76. The number of rotatable bonds is 20. The van der Waals surface area contributed by atoms with Gasteiger partial charge in [-0.05, 0) is 45.4 Å². The van der Waals surface area contributed by atoms with Gasteiger partial charge < -0.3 is 14.1 Å². The molecular formula is C27H55NO5P+. The first-order chi connectivity index (χ1) is 16.1. The third kappa shape index (κ3) is 18.1. The van der Waals surface area contributed by atoms with Crippen LogP contribution in [0.2, 0.25) is 0 Å². The highest BCUT2D eigenvalue weighted by atomic mass is 31.2. The van der Waals surface area contributed by atoms with Gasteiger partial charge in [-0.3, -0.25) is 9.05 Å². The van der Waals surface area contributed by atoms with E-state index in [1.165, 1.54) is 82.6 Å². The van der Waals surface area contributed by atoms with Crippen molar-refractivity contribution in [3.8, 4) is 0 Å². The smallest absolute Gasteiger partial charge is 0.349 e. The van der Waals surface area contributed by atoms with E-state index in [1.54, 1.807) is 6.92 Å². The van der Waals surface area contributed by atoms with Crippen molar-refractivity contribution >= 4 is 7.82 Å². The Bertz CT molecular complexity index is 580. The molecule has 202 valence electrons. The maximum Gasteiger partial charge on any atom is 0.474 e. The molecule has 1 aliphatic rings. The van der Waals surface area contributed by atoms with E-state index in [-0.39, 0.29) is 12.7 Å². The minimum Gasteiger partial charge on any atom is -0.349 e. The minimum absolute atomic E-state index is 0.0698. The molecule has 1 aliphatic carbocycles. The van der Waals surface area contributed by atoms with Crippen LogP contribution in [-0.4, -0.2) is 56.1 Å². The van der Waals surface area contributed by atoms with E-state index in [9.17, 15) is 9.46 Å². The summed E-state index contributed by atoms with van der Waals surface area (Å²) in [4.78, 5) is 9.91. The number of unbranched alkanes of at least 4 members (excludes halogenated alkanes) is 11. The zero-order valence-electron chi connectivity index (χ0n) is 22.9. The number of allylic oxidation sites excluding steroid dienone is 2. The summed E-state index contributed by atoms with van der Waals surface area (Å²) in [5.74, 6) is 0. The van der Waals surface area contributed by atoms with Crippen LogP contribution in [0, 0.1) is 0 Å². The molecule has 1 N–H and O–H groups in total. The van der Waals surface area contributed by atoms with Gasteiger partial charge in [0.25, 0.3) is 0 Å². The van der Waals surface area contributed by atoms with E-state index >= 15 is 0 Å². The SMILES string of the molecule is CCCCCCCCCCCCCC=C1CCC(OC(C)OP(=O)(O)OCC[N+](C)(C)C)CC1. The van der Waals surface area contributed by atoms with Gasteiger partial charge in [0.05, 0.1) is 27.2 Å². The molecule has 6 nitrogen and oxygen atoms in total. The topological polar surface area (TPSA) is 65.0 Å². The van der Waals surface area contributed by atoms with E-state index in [2.05, 4.69) is 13.0 Å². The molecule has 0 bridgehead atoms. The molecule has 2 atom stereocenters. The van der Waals surface area contributed by atoms with Crippen LogP contribution in [0.4, 0.5) is 0 Å². The molecule has 0 aromatic rings. The number of quaternary nitrogens is 1. The van der Waals surface area contributed by atoms with Crippen LogP contribution in [0.15, 0.2) is 11.6 Å². The molecule has 2 unspecified atom stereocenters. The molecule has 1 rings (SSSR count). The molecular weight excluding hydrogens is 449 g/mol. The quantitative estimate of drug-likeness (QED) is 0.0603. The van der Waals surface area contributed by atoms with E-state index in [4.69, 9.17) is 13.8 Å². The van der Waals surface area contributed by atoms with Crippen LogP contribution >= 0.6 is 7.82 Å². The summed E-state index contributed by atoms with van der Waals surface area (Å²) >= 11 is 0. The van der Waals surface area contributed by atoms with Crippen LogP contribution in [0.3, 0.4) is 0 Å². The van der Waals surface area contributed by atoms with Crippen LogP contribution < -0.4 is 0 Å². The number of nitrogens with zero attached hydrogens (tertiary/aromatic N) is 1. The van der Waals surface area contributed by atoms with Gasteiger partial charge in [-0.1, -0.05) is 82.8 Å². The first-order valence-electron chi connectivity index (χ1n) is 13.9. The molecule has 7 heteroatoms. The van der Waals surface area contributed by atoms with Gasteiger partial charge in [0.2, 0.25) is 0 Å². The maximum atomic E-state index is 12.1. The lowest BCUT2D eigenvalue weighted by Gasteiger charge is -2.28. The fourth-order valence-electron chi connectivity index (χ4n) is 4.36. The summed E-state index contributed by atoms with van der Waals surface area (Å²) in [5, 5.41) is 0. The average molecular weight is 505 g/mol. The Morgan fingerprint density at radius 3 is 2.03 bits per heavy atom. The van der Waals surface area contributed by atoms with Crippen molar-refractivity contribution in [1.82, 2.24) is 0 Å². The summed E-state index contributed by atoms with van der Waals surface area (Å²) in [6.07, 6.45) is 22.1. The summed E-state index contributed by atoms with van der Waals surface area (Å²) < 4.78 is 28.9. The van der Waals surface area contributed by atoms with E-state index < -0.39 is 14.1 Å². The normalized spacial score (nSPS) is 19.7. The molecule has 0 spiro atoms. The highest BCUT2D eigenvalue weighted by molar-refractivity contribution is 7.47. The Balaban J connectivity index is 2.07. The zero-order chi connectivity index (χ0) is 25.3. The minimum atomic E-state index is -4.10. The van der Waals surface area contributed by atoms with Crippen molar-refractivity contribution in [2.24, 2.45) is 0 Å². The monoisotopic (exact) mass is 504 g/mol. The molecule has 0 heterocycles. The van der Waals surface area contributed by atoms with Crippen molar-refractivity contribution in [1.29, 1.82) is 0 Å². The van der Waals surface area contributed by atoms with Crippen LogP contribution in [0.25, 0.3) is 0 Å². The number of hydrogen-bond acceptors (Lipinski definition) is 4. The number of hydrogen-bond donors (Lipinski definition) is 1. The van der Waals surface area contributed by atoms with Gasteiger partial charge in [0, 0.05) is 0 Å². The van der Waals surface area contributed by atoms with Crippen molar-refractivity contribution < 1.29 is 27.7 Å². The van der Waals surface area contributed by atoms with Crippen molar-refractivity contribution in [3.63, 3.8) is 0 Å². The first-order valence-corrected chi connectivity index (χ1v) is 15.4. The summed E-state index contributed by atoms with van der Waals surface area (Å²) in [6, 6.07) is 0. The third-order valence-electron chi connectivity index (χ3n) is 6.50. The van der Waals surface area contributed by atoms with Gasteiger partial charge in [0.15, 0.2) is 6.29 Å². The lowest BCUT2D eigenvalue weighted by Crippen LogP contribution is -2.37. The highest BCUT2D eigenvalue weighted by Gasteiger charge is 2.28. The Hall–Kier alpha value is -0.230. The lowest BCUT2D eigenvalue weighted by molar-refractivity contribution is -0.870. The van der Waals surface area contributed by atoms with E-state index in [0.29, 0.717) is 11.0 Å². The molecule has 1 fully saturated rings. The largest absolute Gasteiger partial charge is 0.474 e. The summed E-state index contributed by atoms with van der Waals surface area (Å²) in [5.41, 5.74) is 1.54. The fourth-order valence-corrected chi connectivity index (χ4v) is 5.16. The zero-order valence-corrected chi connectivity index (χ0v) is 23.8. The third-order valence-corrected chi connectivity index (χ3v) is 7.57. The van der Waals surface area contributed by atoms with Crippen LogP contribution in [0.5, 0.6) is 0 Å². The second-order valence-electron chi connectivity index (χ2n) is 11.0. The molecule has 1 saturated carbocycles. The maximum absolute atomic E-state index is 12.1. The van der Waals surface area contributed by atoms with Crippen LogP contribution in [-0.2, 0) is 18.3 Å². The Morgan fingerprint density at radius 2 is 1.50 bits per heavy atom. The average Bonchev–Trinajstić information content (AvgIpc) is 2.74. The van der Waals surface area contributed by atoms with Crippen molar-refractivity contribution in [3.05, 3.63) is 11.6 Å². The fraction of sp³-hybridized carbons (Fsp3) is 0.926. The number of phosphoric ester groups is 1. The molecule has 0 radical (unpaired) electrons. The Morgan fingerprint density at radius 1 is 0.971 bits per heavy atom. The number of phosphoric acid groups is 1. The molecule has 0 aromatic carbocycles. The summed E-state index contributed by atoms with van der Waals surface area (Å²) in [7, 11) is 1.91. The summed E-state index contributed by atoms with van der Waals surface area (Å²) in [6.45, 7) is 4.74.